The largest absolute Gasteiger partial charge is 0.393 e. The van der Waals surface area contributed by atoms with E-state index in [0.717, 1.165) is 18.3 Å². The molecule has 4 rings (SSSR count). The molecule has 2 saturated carbocycles. The third kappa shape index (κ3) is 3.50. The Hall–Kier alpha value is -0.560. The van der Waals surface area contributed by atoms with Crippen LogP contribution in [0.4, 0.5) is 0 Å². The van der Waals surface area contributed by atoms with Crippen molar-refractivity contribution in [1.82, 2.24) is 0 Å². The molecule has 4 aliphatic carbocycles. The fourth-order valence-corrected chi connectivity index (χ4v) is 9.61. The Bertz CT molecular complexity index is 773. The van der Waals surface area contributed by atoms with Crippen LogP contribution in [0.15, 0.2) is 22.8 Å². The maximum atomic E-state index is 10.6. The van der Waals surface area contributed by atoms with Gasteiger partial charge in [0.1, 0.15) is 0 Å². The lowest BCUT2D eigenvalue weighted by molar-refractivity contribution is -0.0413. The van der Waals surface area contributed by atoms with Gasteiger partial charge in [-0.3, -0.25) is 0 Å². The van der Waals surface area contributed by atoms with Crippen LogP contribution in [0.1, 0.15) is 120 Å². The van der Waals surface area contributed by atoms with Crippen LogP contribution in [0.3, 0.4) is 0 Å². The second-order valence-corrected chi connectivity index (χ2v) is 13.4. The van der Waals surface area contributed by atoms with Gasteiger partial charge in [-0.05, 0) is 117 Å². The minimum Gasteiger partial charge on any atom is -0.393 e. The molecule has 0 heterocycles. The van der Waals surface area contributed by atoms with Crippen molar-refractivity contribution in [2.75, 3.05) is 0 Å². The first-order valence-corrected chi connectivity index (χ1v) is 14.1. The minimum atomic E-state index is -0.0794. The van der Waals surface area contributed by atoms with Crippen LogP contribution in [0, 0.1) is 45.8 Å². The second-order valence-electron chi connectivity index (χ2n) is 13.4. The lowest BCUT2D eigenvalue weighted by Gasteiger charge is -2.60. The van der Waals surface area contributed by atoms with E-state index in [1.54, 1.807) is 5.57 Å². The molecule has 1 N–H and O–H groups in total. The van der Waals surface area contributed by atoms with Gasteiger partial charge in [0.2, 0.25) is 0 Å². The van der Waals surface area contributed by atoms with Gasteiger partial charge in [0.15, 0.2) is 0 Å². The molecular weight excluding hydrogens is 388 g/mol. The molecule has 0 saturated heterocycles. The third-order valence-corrected chi connectivity index (χ3v) is 12.1. The highest BCUT2D eigenvalue weighted by Crippen LogP contribution is 2.71. The summed E-state index contributed by atoms with van der Waals surface area (Å²) in [4.78, 5) is 0. The summed E-state index contributed by atoms with van der Waals surface area (Å²) in [6, 6.07) is 0. The van der Waals surface area contributed by atoms with Gasteiger partial charge in [-0.1, -0.05) is 71.3 Å². The summed E-state index contributed by atoms with van der Waals surface area (Å²) in [5.74, 6) is 3.51. The number of aliphatic hydroxyl groups excluding tert-OH is 1. The monoisotopic (exact) mass is 440 g/mol. The number of allylic oxidation sites excluding steroid dienone is 4. The number of fused-ring (bicyclic) bond motifs is 4. The highest BCUT2D eigenvalue weighted by atomic mass is 16.3. The lowest BCUT2D eigenvalue weighted by atomic mass is 9.45. The van der Waals surface area contributed by atoms with Crippen LogP contribution in [-0.4, -0.2) is 11.2 Å². The summed E-state index contributed by atoms with van der Waals surface area (Å²) in [5.41, 5.74) is 6.60. The van der Waals surface area contributed by atoms with Crippen molar-refractivity contribution in [1.29, 1.82) is 0 Å². The molecule has 0 unspecified atom stereocenters. The first kappa shape index (κ1) is 24.6. The van der Waals surface area contributed by atoms with Gasteiger partial charge in [-0.15, -0.1) is 0 Å². The van der Waals surface area contributed by atoms with Crippen molar-refractivity contribution in [3.63, 3.8) is 0 Å². The molecule has 0 bridgehead atoms. The third-order valence-electron chi connectivity index (χ3n) is 12.1. The van der Waals surface area contributed by atoms with Gasteiger partial charge >= 0.3 is 0 Å². The number of hydrogen-bond acceptors (Lipinski definition) is 1. The van der Waals surface area contributed by atoms with Gasteiger partial charge in [-0.2, -0.15) is 0 Å². The van der Waals surface area contributed by atoms with E-state index >= 15 is 0 Å². The van der Waals surface area contributed by atoms with Crippen LogP contribution in [0.25, 0.3) is 0 Å². The average Bonchev–Trinajstić information content (AvgIpc) is 3.02. The van der Waals surface area contributed by atoms with E-state index in [4.69, 9.17) is 0 Å². The Kier molecular flexibility index (Phi) is 6.59. The number of rotatable bonds is 5. The minimum absolute atomic E-state index is 0.0794. The standard InChI is InChI=1S/C31H52O/c1-9-23(20(2)3)11-10-21(4)24-14-18-31(8)27-13-12-25-22(5)28(32)16-17-29(25,6)26(27)15-19-30(24,31)7/h9,20-22,24-25,28,32H,10-19H2,1-8H3/b23-9-/t21-,22+,24-,25-,28+,29+,30-,31+/m1/s1. The molecule has 8 atom stereocenters. The van der Waals surface area contributed by atoms with Crippen molar-refractivity contribution >= 4 is 0 Å². The zero-order valence-corrected chi connectivity index (χ0v) is 22.6. The molecular formula is C31H52O. The van der Waals surface area contributed by atoms with Gasteiger partial charge in [0.25, 0.3) is 0 Å². The predicted octanol–water partition coefficient (Wildman–Crippen LogP) is 8.73. The molecule has 32 heavy (non-hydrogen) atoms. The summed E-state index contributed by atoms with van der Waals surface area (Å²) in [6.07, 6.45) is 15.3. The van der Waals surface area contributed by atoms with Crippen molar-refractivity contribution in [3.8, 4) is 0 Å². The van der Waals surface area contributed by atoms with Gasteiger partial charge in [0.05, 0.1) is 6.10 Å². The molecule has 0 spiro atoms. The van der Waals surface area contributed by atoms with Crippen molar-refractivity contribution in [3.05, 3.63) is 22.8 Å². The fraction of sp³-hybridized carbons (Fsp3) is 0.871. The van der Waals surface area contributed by atoms with E-state index in [0.29, 0.717) is 34.0 Å². The van der Waals surface area contributed by atoms with Crippen molar-refractivity contribution in [2.24, 2.45) is 45.8 Å². The molecule has 0 aromatic heterocycles. The van der Waals surface area contributed by atoms with E-state index in [-0.39, 0.29) is 6.10 Å². The topological polar surface area (TPSA) is 20.2 Å². The highest BCUT2D eigenvalue weighted by molar-refractivity contribution is 5.38. The van der Waals surface area contributed by atoms with Crippen LogP contribution < -0.4 is 0 Å². The Morgan fingerprint density at radius 3 is 2.38 bits per heavy atom. The van der Waals surface area contributed by atoms with Gasteiger partial charge < -0.3 is 5.11 Å². The van der Waals surface area contributed by atoms with E-state index in [1.807, 2.05) is 11.1 Å². The Balaban J connectivity index is 1.59. The summed E-state index contributed by atoms with van der Waals surface area (Å²) in [6.45, 7) is 19.8. The Labute approximate surface area is 199 Å². The smallest absolute Gasteiger partial charge is 0.0569 e. The zero-order valence-electron chi connectivity index (χ0n) is 22.6. The summed E-state index contributed by atoms with van der Waals surface area (Å²) in [5, 5.41) is 10.6. The number of hydrogen-bond donors (Lipinski definition) is 1. The molecule has 1 nitrogen and oxygen atoms in total. The van der Waals surface area contributed by atoms with Crippen LogP contribution in [-0.2, 0) is 0 Å². The normalized spacial score (nSPS) is 45.5. The number of aliphatic hydroxyl groups is 1. The van der Waals surface area contributed by atoms with E-state index in [1.165, 1.54) is 57.8 Å². The highest BCUT2D eigenvalue weighted by Gasteiger charge is 2.62. The second kappa shape index (κ2) is 8.58. The van der Waals surface area contributed by atoms with E-state index < -0.39 is 0 Å². The maximum Gasteiger partial charge on any atom is 0.0569 e. The van der Waals surface area contributed by atoms with E-state index in [2.05, 4.69) is 61.5 Å². The van der Waals surface area contributed by atoms with Crippen LogP contribution in [0.5, 0.6) is 0 Å². The summed E-state index contributed by atoms with van der Waals surface area (Å²) in [7, 11) is 0. The molecule has 0 aromatic rings. The SMILES string of the molecule is C/C=C(/CC[C@@H](C)[C@H]1CC[C@@]2(C)C3=C(CC[C@]12C)[C@@]1(C)CC[C@H](O)[C@@H](C)[C@H]1CC3)C(C)C. The molecule has 1 heteroatoms. The maximum absolute atomic E-state index is 10.6. The fourth-order valence-electron chi connectivity index (χ4n) is 9.61. The van der Waals surface area contributed by atoms with Crippen LogP contribution >= 0.6 is 0 Å². The van der Waals surface area contributed by atoms with Crippen molar-refractivity contribution in [2.45, 2.75) is 126 Å². The quantitative estimate of drug-likeness (QED) is 0.424. The molecule has 0 radical (unpaired) electrons. The molecule has 4 aliphatic rings. The zero-order chi connectivity index (χ0) is 23.5. The van der Waals surface area contributed by atoms with Gasteiger partial charge in [-0.25, -0.2) is 0 Å². The lowest BCUT2D eigenvalue weighted by Crippen LogP contribution is -2.51. The first-order chi connectivity index (χ1) is 15.0. The predicted molar refractivity (Wildman–Crippen MR) is 137 cm³/mol. The molecule has 0 aliphatic heterocycles. The van der Waals surface area contributed by atoms with Crippen LogP contribution in [0.2, 0.25) is 0 Å². The molecule has 2 fully saturated rings. The summed E-state index contributed by atoms with van der Waals surface area (Å²) >= 11 is 0. The van der Waals surface area contributed by atoms with E-state index in [9.17, 15) is 5.11 Å². The molecule has 0 amide bonds. The summed E-state index contributed by atoms with van der Waals surface area (Å²) < 4.78 is 0. The van der Waals surface area contributed by atoms with Gasteiger partial charge in [0, 0.05) is 0 Å². The van der Waals surface area contributed by atoms with Crippen molar-refractivity contribution < 1.29 is 5.11 Å². The molecule has 182 valence electrons. The first-order valence-electron chi connectivity index (χ1n) is 14.1. The average molecular weight is 441 g/mol. The Morgan fingerprint density at radius 1 is 1.00 bits per heavy atom. The molecule has 0 aromatic carbocycles. The Morgan fingerprint density at radius 2 is 1.72 bits per heavy atom.